The van der Waals surface area contributed by atoms with Gasteiger partial charge < -0.3 is 6.53 Å². The Morgan fingerprint density at radius 1 is 1.57 bits per heavy atom. The van der Waals surface area contributed by atoms with Crippen LogP contribution in [0.3, 0.4) is 0 Å². The summed E-state index contributed by atoms with van der Waals surface area (Å²) in [7, 11) is 0. The monoisotopic (exact) mass is 94.1 g/mol. The van der Waals surface area contributed by atoms with Gasteiger partial charge in [-0.15, -0.1) is 0 Å². The van der Waals surface area contributed by atoms with Gasteiger partial charge in [0.05, 0.1) is 5.60 Å². The summed E-state index contributed by atoms with van der Waals surface area (Å²) in [5, 5.41) is 8.91. The van der Waals surface area contributed by atoms with E-state index in [2.05, 4.69) is 0 Å². The average molecular weight is 94.1 g/mol. The minimum absolute atomic E-state index is 0. The van der Waals surface area contributed by atoms with Crippen LogP contribution >= 0.6 is 0 Å². The smallest absolute Gasteiger partial charge is 1.00 e. The molecule has 38 valence electrons. The predicted octanol–water partition coefficient (Wildman–Crippen LogP) is -1.96. The first-order valence-electron chi connectivity index (χ1n) is 2.43. The summed E-state index contributed by atoms with van der Waals surface area (Å²) in [5.74, 6) is 0. The molecule has 0 bridgehead atoms. The van der Waals surface area contributed by atoms with Crippen LogP contribution in [0.1, 0.15) is 27.6 Å². The van der Waals surface area contributed by atoms with E-state index in [9.17, 15) is 0 Å². The summed E-state index contributed by atoms with van der Waals surface area (Å²) in [6.45, 7) is 1.89. The Bertz CT molecular complexity index is 59.4. The van der Waals surface area contributed by atoms with Crippen molar-refractivity contribution in [2.24, 2.45) is 0 Å². The van der Waals surface area contributed by atoms with Gasteiger partial charge in [0.25, 0.3) is 0 Å². The summed E-state index contributed by atoms with van der Waals surface area (Å²) in [4.78, 5) is 0. The van der Waals surface area contributed by atoms with E-state index < -0.39 is 0 Å². The third kappa shape index (κ3) is 1.86. The quantitative estimate of drug-likeness (QED) is 0.345. The van der Waals surface area contributed by atoms with Crippen LogP contribution < -0.4 is 18.9 Å². The fourth-order valence-corrected chi connectivity index (χ4v) is 0.688. The summed E-state index contributed by atoms with van der Waals surface area (Å²) < 4.78 is 0. The van der Waals surface area contributed by atoms with E-state index >= 15 is 0 Å². The second-order valence-corrected chi connectivity index (χ2v) is 2.35. The van der Waals surface area contributed by atoms with Gasteiger partial charge in [-0.2, -0.15) is 0 Å². The molecule has 0 radical (unpaired) electrons. The van der Waals surface area contributed by atoms with Gasteiger partial charge in [0.15, 0.2) is 0 Å². The Labute approximate surface area is 57.8 Å². The normalized spacial score (nSPS) is 24.9. The molecule has 1 aliphatic rings. The van der Waals surface area contributed by atoms with Crippen molar-refractivity contribution in [1.82, 2.24) is 0 Å². The largest absolute Gasteiger partial charge is 1.00 e. The summed E-state index contributed by atoms with van der Waals surface area (Å²) in [6, 6.07) is 0. The van der Waals surface area contributed by atoms with E-state index in [-0.39, 0.29) is 25.9 Å². The second kappa shape index (κ2) is 2.22. The van der Waals surface area contributed by atoms with E-state index in [0.29, 0.717) is 0 Å². The number of rotatable bonds is 0. The third-order valence-electron chi connectivity index (χ3n) is 1.43. The Morgan fingerprint density at radius 2 is 1.86 bits per heavy atom. The molecule has 0 unspecified atom stereocenters. The van der Waals surface area contributed by atoms with Gasteiger partial charge in [-0.1, -0.05) is 0 Å². The molecule has 1 N–H and O–H groups in total. The molecule has 0 aromatic rings. The predicted molar refractivity (Wildman–Crippen MR) is 25.6 cm³/mol. The summed E-state index contributed by atoms with van der Waals surface area (Å²) in [6.07, 6.45) is 3.23. The van der Waals surface area contributed by atoms with Crippen molar-refractivity contribution in [2.45, 2.75) is 31.8 Å². The molecule has 1 aliphatic carbocycles. The van der Waals surface area contributed by atoms with Crippen molar-refractivity contribution in [3.63, 3.8) is 0 Å². The topological polar surface area (TPSA) is 20.2 Å². The first kappa shape index (κ1) is 7.56. The van der Waals surface area contributed by atoms with Crippen LogP contribution in [-0.2, 0) is 0 Å². The number of hydrogen-bond donors (Lipinski definition) is 1. The van der Waals surface area contributed by atoms with Crippen LogP contribution in [-0.4, -0.2) is 10.7 Å². The van der Waals surface area contributed by atoms with Crippen LogP contribution in [0.2, 0.25) is 0 Å². The number of aliphatic hydroxyl groups is 1. The van der Waals surface area contributed by atoms with E-state index in [1.807, 2.05) is 6.92 Å². The van der Waals surface area contributed by atoms with Crippen molar-refractivity contribution < 1.29 is 25.4 Å². The minimum Gasteiger partial charge on any atom is -1.00 e. The standard InChI is InChI=1S/C5H10O.Li.H/c1-5(6)3-2-4-5;;/h6H,2-4H2,1H3;;/q;+1;-1. The molecule has 0 heterocycles. The van der Waals surface area contributed by atoms with Gasteiger partial charge in [0.2, 0.25) is 0 Å². The maximum absolute atomic E-state index is 8.91. The van der Waals surface area contributed by atoms with Gasteiger partial charge in [0, 0.05) is 0 Å². The SMILES string of the molecule is CC1(O)CCC1.[H-].[Li+]. The molecule has 7 heavy (non-hydrogen) atoms. The Kier molecular flexibility index (Phi) is 2.39. The van der Waals surface area contributed by atoms with Crippen LogP contribution in [0.4, 0.5) is 0 Å². The molecule has 0 aromatic heterocycles. The van der Waals surface area contributed by atoms with Gasteiger partial charge in [-0.3, -0.25) is 0 Å². The molecule has 1 rings (SSSR count). The van der Waals surface area contributed by atoms with E-state index in [4.69, 9.17) is 5.11 Å². The van der Waals surface area contributed by atoms with Crippen molar-refractivity contribution in [1.29, 1.82) is 0 Å². The molecule has 0 spiro atoms. The van der Waals surface area contributed by atoms with Crippen molar-refractivity contribution >= 4 is 0 Å². The molecular formula is C5H11LiO. The zero-order valence-electron chi connectivity index (χ0n) is 6.07. The van der Waals surface area contributed by atoms with E-state index in [0.717, 1.165) is 12.8 Å². The molecule has 1 nitrogen and oxygen atoms in total. The van der Waals surface area contributed by atoms with E-state index in [1.165, 1.54) is 6.42 Å². The van der Waals surface area contributed by atoms with Gasteiger partial charge in [-0.05, 0) is 26.2 Å². The second-order valence-electron chi connectivity index (χ2n) is 2.35. The first-order chi connectivity index (χ1) is 2.71. The minimum atomic E-state index is -0.278. The first-order valence-corrected chi connectivity index (χ1v) is 2.43. The molecule has 0 saturated heterocycles. The fourth-order valence-electron chi connectivity index (χ4n) is 0.688. The van der Waals surface area contributed by atoms with Crippen LogP contribution in [0, 0.1) is 0 Å². The molecule has 1 fully saturated rings. The molecule has 0 atom stereocenters. The van der Waals surface area contributed by atoms with Gasteiger partial charge >= 0.3 is 18.9 Å². The maximum Gasteiger partial charge on any atom is 1.00 e. The van der Waals surface area contributed by atoms with Crippen molar-refractivity contribution in [3.8, 4) is 0 Å². The maximum atomic E-state index is 8.91. The zero-order valence-corrected chi connectivity index (χ0v) is 5.07. The van der Waals surface area contributed by atoms with E-state index in [1.54, 1.807) is 0 Å². The Morgan fingerprint density at radius 3 is 1.86 bits per heavy atom. The molecule has 2 heteroatoms. The Hall–Kier alpha value is 0.557. The average Bonchev–Trinajstić information content (AvgIpc) is 1.32. The molecule has 0 aromatic carbocycles. The zero-order chi connectivity index (χ0) is 4.62. The van der Waals surface area contributed by atoms with Crippen LogP contribution in [0.5, 0.6) is 0 Å². The van der Waals surface area contributed by atoms with Gasteiger partial charge in [0.1, 0.15) is 0 Å². The van der Waals surface area contributed by atoms with Crippen molar-refractivity contribution in [3.05, 3.63) is 0 Å². The Balaban J connectivity index is 0. The number of hydrogen-bond acceptors (Lipinski definition) is 1. The van der Waals surface area contributed by atoms with Crippen LogP contribution in [0.15, 0.2) is 0 Å². The molecule has 0 aliphatic heterocycles. The van der Waals surface area contributed by atoms with Gasteiger partial charge in [-0.25, -0.2) is 0 Å². The molecule has 0 amide bonds. The summed E-state index contributed by atoms with van der Waals surface area (Å²) >= 11 is 0. The molecule has 1 saturated carbocycles. The third-order valence-corrected chi connectivity index (χ3v) is 1.43. The molecular weight excluding hydrogens is 83.0 g/mol. The van der Waals surface area contributed by atoms with Crippen molar-refractivity contribution in [2.75, 3.05) is 0 Å². The summed E-state index contributed by atoms with van der Waals surface area (Å²) in [5.41, 5.74) is -0.278. The van der Waals surface area contributed by atoms with Crippen LogP contribution in [0.25, 0.3) is 0 Å². The fraction of sp³-hybridized carbons (Fsp3) is 1.00.